The van der Waals surface area contributed by atoms with E-state index in [4.69, 9.17) is 4.74 Å². The molecule has 0 spiro atoms. The minimum Gasteiger partial charge on any atom is -0.497 e. The normalized spacial score (nSPS) is 12.6. The van der Waals surface area contributed by atoms with Gasteiger partial charge in [0.1, 0.15) is 5.75 Å². The lowest BCUT2D eigenvalue weighted by atomic mass is 10.1. The molecule has 2 amide bonds. The number of benzene rings is 2. The maximum Gasteiger partial charge on any atom is 0.282 e. The SMILES string of the molecule is COc1cccc(NC(=O)C[NH+](C)[C@H](C)C(=O)Nc2ccc(C(C)=O)cc2)c1. The van der Waals surface area contributed by atoms with Crippen molar-refractivity contribution in [2.75, 3.05) is 31.3 Å². The summed E-state index contributed by atoms with van der Waals surface area (Å²) in [6.07, 6.45) is 0. The first kappa shape index (κ1) is 21.1. The fraction of sp³-hybridized carbons (Fsp3) is 0.286. The third-order valence-electron chi connectivity index (χ3n) is 4.48. The fourth-order valence-electron chi connectivity index (χ4n) is 2.57. The number of rotatable bonds is 8. The van der Waals surface area contributed by atoms with Crippen LogP contribution in [0.25, 0.3) is 0 Å². The smallest absolute Gasteiger partial charge is 0.282 e. The molecule has 0 aliphatic carbocycles. The summed E-state index contributed by atoms with van der Waals surface area (Å²) >= 11 is 0. The molecule has 3 N–H and O–H groups in total. The number of amides is 2. The van der Waals surface area contributed by atoms with Gasteiger partial charge < -0.3 is 20.3 Å². The average molecular weight is 384 g/mol. The van der Waals surface area contributed by atoms with Gasteiger partial charge in [0.25, 0.3) is 11.8 Å². The molecule has 148 valence electrons. The Morgan fingerprint density at radius 3 is 2.32 bits per heavy atom. The second kappa shape index (κ2) is 9.66. The summed E-state index contributed by atoms with van der Waals surface area (Å²) in [6.45, 7) is 3.38. The summed E-state index contributed by atoms with van der Waals surface area (Å²) in [5, 5.41) is 5.61. The van der Waals surface area contributed by atoms with E-state index < -0.39 is 6.04 Å². The van der Waals surface area contributed by atoms with E-state index in [0.29, 0.717) is 22.7 Å². The molecule has 2 aromatic carbocycles. The Labute approximate surface area is 164 Å². The van der Waals surface area contributed by atoms with E-state index in [-0.39, 0.29) is 24.1 Å². The summed E-state index contributed by atoms with van der Waals surface area (Å²) in [7, 11) is 3.35. The fourth-order valence-corrected chi connectivity index (χ4v) is 2.57. The number of hydrogen-bond acceptors (Lipinski definition) is 4. The lowest BCUT2D eigenvalue weighted by Gasteiger charge is -2.20. The van der Waals surface area contributed by atoms with E-state index in [1.807, 2.05) is 0 Å². The predicted molar refractivity (Wildman–Crippen MR) is 108 cm³/mol. The Morgan fingerprint density at radius 2 is 1.71 bits per heavy atom. The van der Waals surface area contributed by atoms with Crippen molar-refractivity contribution in [2.24, 2.45) is 0 Å². The Kier molecular flexibility index (Phi) is 7.28. The number of quaternary nitrogens is 1. The third-order valence-corrected chi connectivity index (χ3v) is 4.48. The number of Topliss-reactive ketones (excluding diaryl/α,β-unsaturated/α-hetero) is 1. The van der Waals surface area contributed by atoms with Gasteiger partial charge in [0.05, 0.1) is 14.2 Å². The second-order valence-electron chi connectivity index (χ2n) is 6.65. The summed E-state index contributed by atoms with van der Waals surface area (Å²) < 4.78 is 5.14. The van der Waals surface area contributed by atoms with E-state index >= 15 is 0 Å². The standard InChI is InChI=1S/C21H25N3O4/c1-14(21(27)23-17-10-8-16(9-11-17)15(2)25)24(3)13-20(26)22-18-6-5-7-19(12-18)28-4/h5-12,14H,13H2,1-4H3,(H,22,26)(H,23,27)/p+1/t14-/m1/s1. The molecule has 0 saturated heterocycles. The molecule has 0 aliphatic heterocycles. The first-order chi connectivity index (χ1) is 13.3. The molecule has 2 atom stereocenters. The van der Waals surface area contributed by atoms with Crippen molar-refractivity contribution in [3.05, 3.63) is 54.1 Å². The minimum absolute atomic E-state index is 0.0301. The Balaban J connectivity index is 1.89. The molecule has 7 heteroatoms. The number of anilines is 2. The van der Waals surface area contributed by atoms with Crippen LogP contribution in [0.3, 0.4) is 0 Å². The first-order valence-electron chi connectivity index (χ1n) is 8.98. The number of nitrogens with one attached hydrogen (secondary N) is 3. The summed E-state index contributed by atoms with van der Waals surface area (Å²) in [5.41, 5.74) is 1.83. The lowest BCUT2D eigenvalue weighted by molar-refractivity contribution is -0.885. The van der Waals surface area contributed by atoms with Crippen LogP contribution < -0.4 is 20.3 Å². The molecule has 0 heterocycles. The van der Waals surface area contributed by atoms with Crippen molar-refractivity contribution in [1.82, 2.24) is 0 Å². The number of likely N-dealkylation sites (N-methyl/N-ethyl adjacent to an activating group) is 1. The van der Waals surface area contributed by atoms with Gasteiger partial charge in [0.2, 0.25) is 0 Å². The highest BCUT2D eigenvalue weighted by Crippen LogP contribution is 2.16. The van der Waals surface area contributed by atoms with Gasteiger partial charge in [-0.1, -0.05) is 6.07 Å². The number of carbonyl (C=O) groups excluding carboxylic acids is 3. The van der Waals surface area contributed by atoms with E-state index in [9.17, 15) is 14.4 Å². The highest BCUT2D eigenvalue weighted by molar-refractivity contribution is 5.97. The maximum absolute atomic E-state index is 12.4. The highest BCUT2D eigenvalue weighted by atomic mass is 16.5. The Bertz CT molecular complexity index is 849. The molecule has 0 fully saturated rings. The quantitative estimate of drug-likeness (QED) is 0.600. The van der Waals surface area contributed by atoms with E-state index in [2.05, 4.69) is 10.6 Å². The van der Waals surface area contributed by atoms with Gasteiger partial charge >= 0.3 is 0 Å². The van der Waals surface area contributed by atoms with Crippen LogP contribution >= 0.6 is 0 Å². The van der Waals surface area contributed by atoms with Crippen molar-refractivity contribution in [2.45, 2.75) is 19.9 Å². The van der Waals surface area contributed by atoms with Gasteiger partial charge in [-0.05, 0) is 50.2 Å². The van der Waals surface area contributed by atoms with E-state index in [1.165, 1.54) is 6.92 Å². The monoisotopic (exact) mass is 384 g/mol. The van der Waals surface area contributed by atoms with Crippen molar-refractivity contribution in [3.63, 3.8) is 0 Å². The summed E-state index contributed by atoms with van der Waals surface area (Å²) in [4.78, 5) is 36.8. The van der Waals surface area contributed by atoms with Crippen molar-refractivity contribution in [1.29, 1.82) is 0 Å². The molecular formula is C21H26N3O4+. The van der Waals surface area contributed by atoms with Crippen LogP contribution in [0.1, 0.15) is 24.2 Å². The summed E-state index contributed by atoms with van der Waals surface area (Å²) in [5.74, 6) is 0.220. The van der Waals surface area contributed by atoms with Crippen LogP contribution in [0.2, 0.25) is 0 Å². The van der Waals surface area contributed by atoms with Crippen LogP contribution in [0.4, 0.5) is 11.4 Å². The molecule has 2 aromatic rings. The Hall–Kier alpha value is -3.19. The van der Waals surface area contributed by atoms with Crippen LogP contribution in [0.15, 0.2) is 48.5 Å². The minimum atomic E-state index is -0.441. The van der Waals surface area contributed by atoms with Crippen LogP contribution in [0, 0.1) is 0 Å². The van der Waals surface area contributed by atoms with Gasteiger partial charge in [-0.15, -0.1) is 0 Å². The first-order valence-corrected chi connectivity index (χ1v) is 8.98. The molecule has 0 radical (unpaired) electrons. The van der Waals surface area contributed by atoms with E-state index in [1.54, 1.807) is 69.6 Å². The van der Waals surface area contributed by atoms with Crippen molar-refractivity contribution >= 4 is 29.0 Å². The Morgan fingerprint density at radius 1 is 1.04 bits per heavy atom. The number of hydrogen-bond donors (Lipinski definition) is 3. The lowest BCUT2D eigenvalue weighted by Crippen LogP contribution is -3.14. The number of ether oxygens (including phenoxy) is 1. The zero-order chi connectivity index (χ0) is 20.7. The number of carbonyl (C=O) groups is 3. The molecular weight excluding hydrogens is 358 g/mol. The van der Waals surface area contributed by atoms with E-state index in [0.717, 1.165) is 4.90 Å². The van der Waals surface area contributed by atoms with Gasteiger partial charge in [0, 0.05) is 23.0 Å². The van der Waals surface area contributed by atoms with Crippen molar-refractivity contribution < 1.29 is 24.0 Å². The van der Waals surface area contributed by atoms with Gasteiger partial charge in [-0.2, -0.15) is 0 Å². The number of methoxy groups -OCH3 is 1. The largest absolute Gasteiger partial charge is 0.497 e. The molecule has 0 aromatic heterocycles. The maximum atomic E-state index is 12.4. The molecule has 0 bridgehead atoms. The zero-order valence-electron chi connectivity index (χ0n) is 16.5. The van der Waals surface area contributed by atoms with Gasteiger partial charge in [-0.25, -0.2) is 0 Å². The molecule has 0 aliphatic rings. The molecule has 0 saturated carbocycles. The average Bonchev–Trinajstić information content (AvgIpc) is 2.67. The molecule has 1 unspecified atom stereocenters. The van der Waals surface area contributed by atoms with Crippen LogP contribution in [-0.2, 0) is 9.59 Å². The highest BCUT2D eigenvalue weighted by Gasteiger charge is 2.24. The van der Waals surface area contributed by atoms with Crippen molar-refractivity contribution in [3.8, 4) is 5.75 Å². The molecule has 7 nitrogen and oxygen atoms in total. The topological polar surface area (TPSA) is 88.9 Å². The molecule has 28 heavy (non-hydrogen) atoms. The zero-order valence-corrected chi connectivity index (χ0v) is 16.5. The predicted octanol–water partition coefficient (Wildman–Crippen LogP) is 1.38. The third kappa shape index (κ3) is 5.92. The van der Waals surface area contributed by atoms with Crippen LogP contribution in [0.5, 0.6) is 5.75 Å². The van der Waals surface area contributed by atoms with Crippen LogP contribution in [-0.4, -0.2) is 44.3 Å². The molecule has 2 rings (SSSR count). The second-order valence-corrected chi connectivity index (χ2v) is 6.65. The number of ketones is 1. The van der Waals surface area contributed by atoms with Gasteiger partial charge in [-0.3, -0.25) is 14.4 Å². The van der Waals surface area contributed by atoms with Gasteiger partial charge in [0.15, 0.2) is 18.4 Å². The summed E-state index contributed by atoms with van der Waals surface area (Å²) in [6, 6.07) is 13.4.